The first-order valence-corrected chi connectivity index (χ1v) is 6.35. The van der Waals surface area contributed by atoms with Crippen molar-refractivity contribution in [3.63, 3.8) is 0 Å². The second-order valence-corrected chi connectivity index (χ2v) is 5.49. The zero-order valence-electron chi connectivity index (χ0n) is 8.15. The van der Waals surface area contributed by atoms with Crippen LogP contribution in [0.5, 0.6) is 5.75 Å². The van der Waals surface area contributed by atoms with Crippen molar-refractivity contribution in [1.29, 1.82) is 0 Å². The molecule has 4 nitrogen and oxygen atoms in total. The topological polar surface area (TPSA) is 60.4 Å². The van der Waals surface area contributed by atoms with Crippen molar-refractivity contribution in [3.05, 3.63) is 23.8 Å². The summed E-state index contributed by atoms with van der Waals surface area (Å²) in [6.07, 6.45) is 0. The summed E-state index contributed by atoms with van der Waals surface area (Å²) in [5.74, 6) is -0.167. The van der Waals surface area contributed by atoms with Gasteiger partial charge >= 0.3 is 5.97 Å². The molecule has 0 spiro atoms. The lowest BCUT2D eigenvalue weighted by Crippen LogP contribution is -2.02. The number of hydrogen-bond acceptors (Lipinski definition) is 4. The molecular weight excluding hydrogens is 240 g/mol. The van der Waals surface area contributed by atoms with Gasteiger partial charge in [-0.05, 0) is 30.7 Å². The molecule has 0 aliphatic heterocycles. The summed E-state index contributed by atoms with van der Waals surface area (Å²) in [4.78, 5) is 10.7. The maximum atomic E-state index is 11.0. The lowest BCUT2D eigenvalue weighted by atomic mass is 10.2. The molecule has 0 atom stereocenters. The molecule has 0 aliphatic carbocycles. The van der Waals surface area contributed by atoms with E-state index in [0.29, 0.717) is 11.3 Å². The molecule has 0 heterocycles. The largest absolute Gasteiger partial charge is 0.427 e. The number of halogens is 1. The summed E-state index contributed by atoms with van der Waals surface area (Å²) < 4.78 is 26.9. The van der Waals surface area contributed by atoms with Crippen LogP contribution in [0, 0.1) is 6.92 Å². The van der Waals surface area contributed by atoms with Gasteiger partial charge in [0.15, 0.2) is 0 Å². The Balaban J connectivity index is 3.15. The summed E-state index contributed by atoms with van der Waals surface area (Å²) in [6.45, 7) is 2.84. The Morgan fingerprint density at radius 2 is 2.00 bits per heavy atom. The van der Waals surface area contributed by atoms with Crippen molar-refractivity contribution in [3.8, 4) is 5.75 Å². The van der Waals surface area contributed by atoms with E-state index in [2.05, 4.69) is 0 Å². The predicted molar refractivity (Wildman–Crippen MR) is 55.5 cm³/mol. The average molecular weight is 249 g/mol. The fourth-order valence-electron chi connectivity index (χ4n) is 1.12. The van der Waals surface area contributed by atoms with Gasteiger partial charge in [0, 0.05) is 17.6 Å². The maximum Gasteiger partial charge on any atom is 0.308 e. The third kappa shape index (κ3) is 3.21. The number of esters is 1. The Bertz CT molecular complexity index is 493. The molecule has 6 heteroatoms. The van der Waals surface area contributed by atoms with E-state index in [1.807, 2.05) is 0 Å². The standard InChI is InChI=1S/C9H9ClO4S/c1-6-5-8(14-7(2)11)3-4-9(6)15(10,12)13/h3-5H,1-2H3. The van der Waals surface area contributed by atoms with Crippen molar-refractivity contribution in [2.75, 3.05) is 0 Å². The molecule has 0 amide bonds. The number of hydrogen-bond donors (Lipinski definition) is 0. The molecule has 0 N–H and O–H groups in total. The summed E-state index contributed by atoms with van der Waals surface area (Å²) in [6, 6.07) is 4.12. The van der Waals surface area contributed by atoms with Gasteiger partial charge in [-0.15, -0.1) is 0 Å². The quantitative estimate of drug-likeness (QED) is 0.455. The van der Waals surface area contributed by atoms with Crippen LogP contribution in [0.4, 0.5) is 0 Å². The van der Waals surface area contributed by atoms with Gasteiger partial charge in [-0.2, -0.15) is 0 Å². The van der Waals surface area contributed by atoms with Gasteiger partial charge in [0.2, 0.25) is 0 Å². The van der Waals surface area contributed by atoms with E-state index in [-0.39, 0.29) is 4.90 Å². The molecular formula is C9H9ClO4S. The number of ether oxygens (including phenoxy) is 1. The third-order valence-electron chi connectivity index (χ3n) is 1.67. The van der Waals surface area contributed by atoms with Gasteiger partial charge in [-0.1, -0.05) is 0 Å². The van der Waals surface area contributed by atoms with Crippen molar-refractivity contribution in [1.82, 2.24) is 0 Å². The molecule has 0 aliphatic rings. The van der Waals surface area contributed by atoms with Gasteiger partial charge < -0.3 is 4.74 Å². The molecule has 1 aromatic carbocycles. The van der Waals surface area contributed by atoms with E-state index in [0.717, 1.165) is 0 Å². The summed E-state index contributed by atoms with van der Waals surface area (Å²) in [5, 5.41) is 0. The van der Waals surface area contributed by atoms with E-state index in [1.165, 1.54) is 25.1 Å². The zero-order chi connectivity index (χ0) is 11.6. The van der Waals surface area contributed by atoms with Crippen LogP contribution in [0.25, 0.3) is 0 Å². The highest BCUT2D eigenvalue weighted by molar-refractivity contribution is 8.13. The van der Waals surface area contributed by atoms with E-state index in [4.69, 9.17) is 15.4 Å². The number of rotatable bonds is 2. The van der Waals surface area contributed by atoms with Gasteiger partial charge in [-0.25, -0.2) is 8.42 Å². The van der Waals surface area contributed by atoms with Crippen LogP contribution < -0.4 is 4.74 Å². The van der Waals surface area contributed by atoms with Crippen LogP contribution in [0.3, 0.4) is 0 Å². The minimum absolute atomic E-state index is 0.0140. The number of carbonyl (C=O) groups excluding carboxylic acids is 1. The highest BCUT2D eigenvalue weighted by atomic mass is 35.7. The molecule has 0 saturated carbocycles. The minimum atomic E-state index is -3.75. The number of carbonyl (C=O) groups is 1. The second kappa shape index (κ2) is 4.20. The highest BCUT2D eigenvalue weighted by Gasteiger charge is 2.13. The molecule has 0 radical (unpaired) electrons. The van der Waals surface area contributed by atoms with Crippen molar-refractivity contribution in [2.24, 2.45) is 0 Å². The molecule has 0 fully saturated rings. The van der Waals surface area contributed by atoms with Crippen LogP contribution in [0.15, 0.2) is 23.1 Å². The van der Waals surface area contributed by atoms with Gasteiger partial charge in [-0.3, -0.25) is 4.79 Å². The Morgan fingerprint density at radius 1 is 1.40 bits per heavy atom. The van der Waals surface area contributed by atoms with Crippen LogP contribution >= 0.6 is 10.7 Å². The van der Waals surface area contributed by atoms with Crippen LogP contribution in [-0.2, 0) is 13.8 Å². The first-order chi connectivity index (χ1) is 6.80. The number of aryl methyl sites for hydroxylation is 1. The highest BCUT2D eigenvalue weighted by Crippen LogP contribution is 2.23. The predicted octanol–water partition coefficient (Wildman–Crippen LogP) is 1.85. The molecule has 82 valence electrons. The van der Waals surface area contributed by atoms with E-state index in [1.54, 1.807) is 6.92 Å². The Kier molecular flexibility index (Phi) is 3.36. The molecule has 15 heavy (non-hydrogen) atoms. The normalized spacial score (nSPS) is 11.1. The lowest BCUT2D eigenvalue weighted by molar-refractivity contribution is -0.131. The van der Waals surface area contributed by atoms with E-state index >= 15 is 0 Å². The van der Waals surface area contributed by atoms with E-state index < -0.39 is 15.0 Å². The van der Waals surface area contributed by atoms with Crippen LogP contribution in [0.2, 0.25) is 0 Å². The lowest BCUT2D eigenvalue weighted by Gasteiger charge is -2.05. The van der Waals surface area contributed by atoms with Crippen molar-refractivity contribution >= 4 is 25.7 Å². The second-order valence-electron chi connectivity index (χ2n) is 2.96. The van der Waals surface area contributed by atoms with Gasteiger partial charge in [0.25, 0.3) is 9.05 Å². The molecule has 0 aromatic heterocycles. The monoisotopic (exact) mass is 248 g/mol. The molecule has 1 rings (SSSR count). The van der Waals surface area contributed by atoms with Crippen LogP contribution in [0.1, 0.15) is 12.5 Å². The number of benzene rings is 1. The Hall–Kier alpha value is -1.07. The first-order valence-electron chi connectivity index (χ1n) is 4.04. The van der Waals surface area contributed by atoms with E-state index in [9.17, 15) is 13.2 Å². The Morgan fingerprint density at radius 3 is 2.40 bits per heavy atom. The fourth-order valence-corrected chi connectivity index (χ4v) is 2.32. The molecule has 0 bridgehead atoms. The smallest absolute Gasteiger partial charge is 0.308 e. The van der Waals surface area contributed by atoms with Crippen LogP contribution in [-0.4, -0.2) is 14.4 Å². The SMILES string of the molecule is CC(=O)Oc1ccc(S(=O)(=O)Cl)c(C)c1. The van der Waals surface area contributed by atoms with Crippen molar-refractivity contribution in [2.45, 2.75) is 18.7 Å². The third-order valence-corrected chi connectivity index (χ3v) is 3.15. The summed E-state index contributed by atoms with van der Waals surface area (Å²) in [5.41, 5.74) is 0.434. The Labute approximate surface area is 92.2 Å². The first kappa shape index (κ1) is 12.0. The zero-order valence-corrected chi connectivity index (χ0v) is 9.72. The molecule has 0 saturated heterocycles. The van der Waals surface area contributed by atoms with Gasteiger partial charge in [0.1, 0.15) is 5.75 Å². The summed E-state index contributed by atoms with van der Waals surface area (Å²) in [7, 11) is 1.44. The molecule has 1 aromatic rings. The fraction of sp³-hybridized carbons (Fsp3) is 0.222. The minimum Gasteiger partial charge on any atom is -0.427 e. The molecule has 0 unspecified atom stereocenters. The van der Waals surface area contributed by atoms with Crippen molar-refractivity contribution < 1.29 is 17.9 Å². The summed E-state index contributed by atoms with van der Waals surface area (Å²) >= 11 is 0. The van der Waals surface area contributed by atoms with Gasteiger partial charge in [0.05, 0.1) is 4.90 Å². The average Bonchev–Trinajstić information content (AvgIpc) is 1.99. The maximum absolute atomic E-state index is 11.0.